The molecule has 1 saturated heterocycles. The van der Waals surface area contributed by atoms with Gasteiger partial charge in [0.25, 0.3) is 0 Å². The molecule has 0 amide bonds. The van der Waals surface area contributed by atoms with Crippen molar-refractivity contribution in [3.05, 3.63) is 89.7 Å². The van der Waals surface area contributed by atoms with Crippen LogP contribution in [0.25, 0.3) is 22.4 Å². The fourth-order valence-corrected chi connectivity index (χ4v) is 4.75. The molecule has 2 aromatic carbocycles. The van der Waals surface area contributed by atoms with Crippen molar-refractivity contribution in [1.82, 2.24) is 20.1 Å². The van der Waals surface area contributed by atoms with E-state index in [9.17, 15) is 0 Å². The van der Waals surface area contributed by atoms with Crippen LogP contribution in [0.5, 0.6) is 0 Å². The van der Waals surface area contributed by atoms with Gasteiger partial charge >= 0.3 is 0 Å². The number of pyridine rings is 1. The van der Waals surface area contributed by atoms with Crippen molar-refractivity contribution in [2.24, 2.45) is 0 Å². The Kier molecular flexibility index (Phi) is 6.42. The van der Waals surface area contributed by atoms with E-state index in [0.29, 0.717) is 6.04 Å². The molecule has 3 heterocycles. The van der Waals surface area contributed by atoms with Gasteiger partial charge in [-0.25, -0.2) is 0 Å². The first-order chi connectivity index (χ1) is 16.2. The van der Waals surface area contributed by atoms with Gasteiger partial charge in [-0.05, 0) is 68.4 Å². The maximum Gasteiger partial charge on any atom is 0.159 e. The number of nitrogens with zero attached hydrogens (tertiary/aromatic N) is 4. The lowest BCUT2D eigenvalue weighted by Gasteiger charge is -2.38. The lowest BCUT2D eigenvalue weighted by molar-refractivity contribution is 0.248. The molecule has 0 unspecified atom stereocenters. The molecule has 1 aliphatic rings. The van der Waals surface area contributed by atoms with E-state index in [0.717, 1.165) is 65.7 Å². The van der Waals surface area contributed by atoms with Crippen LogP contribution in [0.3, 0.4) is 0 Å². The van der Waals surface area contributed by atoms with E-state index in [4.69, 9.17) is 16.7 Å². The topological polar surface area (TPSA) is 48.0 Å². The number of benzene rings is 2. The van der Waals surface area contributed by atoms with Gasteiger partial charge in [0.05, 0.1) is 11.3 Å². The van der Waals surface area contributed by atoms with Crippen LogP contribution in [-0.2, 0) is 6.54 Å². The Labute approximate surface area is 200 Å². The maximum absolute atomic E-state index is 6.17. The highest BCUT2D eigenvalue weighted by atomic mass is 35.5. The molecule has 1 fully saturated rings. The number of H-pyrrole nitrogens is 1. The summed E-state index contributed by atoms with van der Waals surface area (Å²) >= 11 is 6.17. The number of rotatable bonds is 6. The zero-order valence-corrected chi connectivity index (χ0v) is 19.5. The third kappa shape index (κ3) is 4.80. The van der Waals surface area contributed by atoms with Gasteiger partial charge < -0.3 is 9.80 Å². The summed E-state index contributed by atoms with van der Waals surface area (Å²) in [4.78, 5) is 9.14. The molecule has 1 aliphatic heterocycles. The van der Waals surface area contributed by atoms with Crippen molar-refractivity contribution >= 4 is 17.4 Å². The van der Waals surface area contributed by atoms with E-state index in [1.54, 1.807) is 0 Å². The zero-order valence-electron chi connectivity index (χ0n) is 18.8. The number of aromatic nitrogens is 3. The SMILES string of the molecule is CN1CCC(N(Cc2ccccc2)c2n[nH]c(-c3ccc(Cl)cc3)c2-c2ccncc2)CC1. The summed E-state index contributed by atoms with van der Waals surface area (Å²) in [5, 5.41) is 9.00. The first kappa shape index (κ1) is 21.7. The Morgan fingerprint density at radius 2 is 1.64 bits per heavy atom. The third-order valence-electron chi connectivity index (χ3n) is 6.45. The van der Waals surface area contributed by atoms with Crippen molar-refractivity contribution in [3.63, 3.8) is 0 Å². The van der Waals surface area contributed by atoms with Gasteiger partial charge in [0.15, 0.2) is 5.82 Å². The van der Waals surface area contributed by atoms with Gasteiger partial charge in [0.2, 0.25) is 0 Å². The molecule has 4 aromatic rings. The van der Waals surface area contributed by atoms with Gasteiger partial charge in [0, 0.05) is 35.6 Å². The van der Waals surface area contributed by atoms with Crippen LogP contribution in [0.15, 0.2) is 79.1 Å². The number of aromatic amines is 1. The molecule has 0 spiro atoms. The highest BCUT2D eigenvalue weighted by Crippen LogP contribution is 2.40. The van der Waals surface area contributed by atoms with Crippen LogP contribution in [0, 0.1) is 0 Å². The van der Waals surface area contributed by atoms with Crippen molar-refractivity contribution in [1.29, 1.82) is 0 Å². The van der Waals surface area contributed by atoms with E-state index >= 15 is 0 Å². The second-order valence-corrected chi connectivity index (χ2v) is 9.12. The Hall–Kier alpha value is -3.15. The molecule has 5 rings (SSSR count). The second-order valence-electron chi connectivity index (χ2n) is 8.69. The second kappa shape index (κ2) is 9.77. The normalized spacial score (nSPS) is 15.0. The van der Waals surface area contributed by atoms with Crippen molar-refractivity contribution < 1.29 is 0 Å². The highest BCUT2D eigenvalue weighted by Gasteiger charge is 2.29. The molecule has 1 N–H and O–H groups in total. The summed E-state index contributed by atoms with van der Waals surface area (Å²) in [6, 6.07) is 23.1. The van der Waals surface area contributed by atoms with Crippen LogP contribution in [0.4, 0.5) is 5.82 Å². The predicted molar refractivity (Wildman–Crippen MR) is 135 cm³/mol. The first-order valence-corrected chi connectivity index (χ1v) is 11.8. The Balaban J connectivity index is 1.63. The minimum atomic E-state index is 0.420. The average molecular weight is 458 g/mol. The standard InChI is InChI=1S/C27H28ClN5/c1-32-17-13-24(14-18-32)33(19-20-5-3-2-4-6-20)27-25(21-11-15-29-16-12-21)26(30-31-27)22-7-9-23(28)10-8-22/h2-12,15-16,24H,13-14,17-19H2,1H3,(H,30,31). The summed E-state index contributed by atoms with van der Waals surface area (Å²) in [5.74, 6) is 0.990. The van der Waals surface area contributed by atoms with E-state index in [1.807, 2.05) is 36.7 Å². The van der Waals surface area contributed by atoms with Gasteiger partial charge in [0.1, 0.15) is 0 Å². The van der Waals surface area contributed by atoms with Crippen LogP contribution < -0.4 is 4.90 Å². The predicted octanol–water partition coefficient (Wildman–Crippen LogP) is 5.89. The summed E-state index contributed by atoms with van der Waals surface area (Å²) in [7, 11) is 2.20. The molecule has 0 bridgehead atoms. The van der Waals surface area contributed by atoms with Crippen molar-refractivity contribution in [2.75, 3.05) is 25.0 Å². The average Bonchev–Trinajstić information content (AvgIpc) is 3.30. The van der Waals surface area contributed by atoms with Crippen LogP contribution >= 0.6 is 11.6 Å². The fourth-order valence-electron chi connectivity index (χ4n) is 4.62. The number of hydrogen-bond donors (Lipinski definition) is 1. The molecule has 0 radical (unpaired) electrons. The number of nitrogens with one attached hydrogen (secondary N) is 1. The van der Waals surface area contributed by atoms with E-state index in [-0.39, 0.29) is 0 Å². The minimum absolute atomic E-state index is 0.420. The van der Waals surface area contributed by atoms with Crippen LogP contribution in [0.2, 0.25) is 5.02 Å². The minimum Gasteiger partial charge on any atom is -0.347 e. The monoisotopic (exact) mass is 457 g/mol. The van der Waals surface area contributed by atoms with Crippen LogP contribution in [-0.4, -0.2) is 46.3 Å². The summed E-state index contributed by atoms with van der Waals surface area (Å²) in [6.07, 6.45) is 5.91. The highest BCUT2D eigenvalue weighted by molar-refractivity contribution is 6.30. The summed E-state index contributed by atoms with van der Waals surface area (Å²) < 4.78 is 0. The lowest BCUT2D eigenvalue weighted by atomic mass is 9.98. The third-order valence-corrected chi connectivity index (χ3v) is 6.70. The largest absolute Gasteiger partial charge is 0.347 e. The van der Waals surface area contributed by atoms with Crippen molar-refractivity contribution in [3.8, 4) is 22.4 Å². The molecule has 0 saturated carbocycles. The maximum atomic E-state index is 6.17. The zero-order chi connectivity index (χ0) is 22.6. The number of likely N-dealkylation sites (tertiary alicyclic amines) is 1. The summed E-state index contributed by atoms with van der Waals surface area (Å²) in [5.41, 5.74) is 5.55. The molecule has 6 heteroatoms. The number of piperidine rings is 1. The molecule has 0 atom stereocenters. The van der Waals surface area contributed by atoms with Crippen molar-refractivity contribution in [2.45, 2.75) is 25.4 Å². The smallest absolute Gasteiger partial charge is 0.159 e. The molecule has 33 heavy (non-hydrogen) atoms. The lowest BCUT2D eigenvalue weighted by Crippen LogP contribution is -2.44. The quantitative estimate of drug-likeness (QED) is 0.392. The van der Waals surface area contributed by atoms with E-state index in [1.165, 1.54) is 5.56 Å². The van der Waals surface area contributed by atoms with Gasteiger partial charge in [-0.1, -0.05) is 54.1 Å². The van der Waals surface area contributed by atoms with Gasteiger partial charge in [-0.15, -0.1) is 0 Å². The number of halogens is 1. The molecule has 0 aliphatic carbocycles. The Bertz CT molecular complexity index is 1170. The van der Waals surface area contributed by atoms with E-state index < -0.39 is 0 Å². The molecule has 2 aromatic heterocycles. The molecular formula is C27H28ClN5. The van der Waals surface area contributed by atoms with Gasteiger partial charge in [-0.3, -0.25) is 10.1 Å². The summed E-state index contributed by atoms with van der Waals surface area (Å²) in [6.45, 7) is 3.00. The van der Waals surface area contributed by atoms with Gasteiger partial charge in [-0.2, -0.15) is 5.10 Å². The molecule has 5 nitrogen and oxygen atoms in total. The molecular weight excluding hydrogens is 430 g/mol. The Morgan fingerprint density at radius 3 is 2.33 bits per heavy atom. The number of hydrogen-bond acceptors (Lipinski definition) is 4. The van der Waals surface area contributed by atoms with E-state index in [2.05, 4.69) is 69.4 Å². The van der Waals surface area contributed by atoms with Crippen LogP contribution in [0.1, 0.15) is 18.4 Å². The Morgan fingerprint density at radius 1 is 0.939 bits per heavy atom. The molecule has 168 valence electrons. The first-order valence-electron chi connectivity index (χ1n) is 11.4. The number of anilines is 1. The fraction of sp³-hybridized carbons (Fsp3) is 0.259.